The first-order chi connectivity index (χ1) is 14.2. The molecule has 0 aliphatic heterocycles. The fraction of sp³-hybridized carbons (Fsp3) is 0.136. The van der Waals surface area contributed by atoms with Crippen molar-refractivity contribution in [3.63, 3.8) is 0 Å². The molecule has 0 spiro atoms. The molecule has 0 aliphatic rings. The van der Waals surface area contributed by atoms with E-state index in [9.17, 15) is 13.2 Å². The highest BCUT2D eigenvalue weighted by Gasteiger charge is 2.23. The number of benzene rings is 3. The van der Waals surface area contributed by atoms with Crippen LogP contribution in [0.25, 0.3) is 0 Å². The number of nitrogens with zero attached hydrogens (tertiary/aromatic N) is 1. The monoisotopic (exact) mass is 444 g/mol. The van der Waals surface area contributed by atoms with Crippen LogP contribution in [0.4, 0.5) is 11.4 Å². The van der Waals surface area contributed by atoms with E-state index in [0.29, 0.717) is 17.1 Å². The van der Waals surface area contributed by atoms with Crippen molar-refractivity contribution in [2.45, 2.75) is 11.8 Å². The maximum absolute atomic E-state index is 13.0. The number of rotatable bonds is 6. The van der Waals surface area contributed by atoms with Crippen molar-refractivity contribution in [3.8, 4) is 5.75 Å². The predicted octanol–water partition coefficient (Wildman–Crippen LogP) is 4.73. The minimum Gasteiger partial charge on any atom is -0.497 e. The molecule has 0 atom stereocenters. The zero-order chi connectivity index (χ0) is 21.9. The van der Waals surface area contributed by atoms with E-state index in [4.69, 9.17) is 16.3 Å². The Bertz CT molecular complexity index is 1180. The summed E-state index contributed by atoms with van der Waals surface area (Å²) >= 11 is 6.22. The van der Waals surface area contributed by atoms with Crippen molar-refractivity contribution in [2.24, 2.45) is 0 Å². The smallest absolute Gasteiger partial charge is 0.264 e. The van der Waals surface area contributed by atoms with E-state index in [1.54, 1.807) is 54.6 Å². The van der Waals surface area contributed by atoms with Gasteiger partial charge < -0.3 is 10.1 Å². The Morgan fingerprint density at radius 1 is 1.03 bits per heavy atom. The SMILES string of the molecule is COc1cccc(NC(=O)c2cc(N(C)S(=O)(=O)c3ccc(C)cc3)ccc2Cl)c1. The van der Waals surface area contributed by atoms with Crippen molar-refractivity contribution in [1.82, 2.24) is 0 Å². The lowest BCUT2D eigenvalue weighted by Crippen LogP contribution is -2.27. The highest BCUT2D eigenvalue weighted by atomic mass is 35.5. The van der Waals surface area contributed by atoms with Crippen LogP contribution in [0.1, 0.15) is 15.9 Å². The Balaban J connectivity index is 1.90. The molecule has 0 bridgehead atoms. The van der Waals surface area contributed by atoms with Gasteiger partial charge in [0.1, 0.15) is 5.75 Å². The molecule has 0 unspecified atom stereocenters. The van der Waals surface area contributed by atoms with Gasteiger partial charge in [-0.1, -0.05) is 35.4 Å². The van der Waals surface area contributed by atoms with Gasteiger partial charge in [0, 0.05) is 18.8 Å². The average molecular weight is 445 g/mol. The molecule has 6 nitrogen and oxygen atoms in total. The molecule has 0 aromatic heterocycles. The van der Waals surface area contributed by atoms with Crippen LogP contribution in [-0.2, 0) is 10.0 Å². The molecule has 156 valence electrons. The van der Waals surface area contributed by atoms with Crippen LogP contribution in [-0.4, -0.2) is 28.5 Å². The first kappa shape index (κ1) is 21.7. The lowest BCUT2D eigenvalue weighted by molar-refractivity contribution is 0.102. The molecule has 0 saturated carbocycles. The van der Waals surface area contributed by atoms with E-state index in [-0.39, 0.29) is 15.5 Å². The minimum atomic E-state index is -3.79. The predicted molar refractivity (Wildman–Crippen MR) is 119 cm³/mol. The molecule has 3 aromatic carbocycles. The molecule has 3 aromatic rings. The summed E-state index contributed by atoms with van der Waals surface area (Å²) in [4.78, 5) is 12.9. The second-order valence-corrected chi connectivity index (χ2v) is 9.01. The number of aryl methyl sites for hydroxylation is 1. The first-order valence-corrected chi connectivity index (χ1v) is 10.8. The normalized spacial score (nSPS) is 11.1. The number of sulfonamides is 1. The highest BCUT2D eigenvalue weighted by Crippen LogP contribution is 2.28. The molecule has 8 heteroatoms. The lowest BCUT2D eigenvalue weighted by Gasteiger charge is -2.20. The number of anilines is 2. The van der Waals surface area contributed by atoms with Gasteiger partial charge in [0.2, 0.25) is 0 Å². The molecule has 0 radical (unpaired) electrons. The van der Waals surface area contributed by atoms with Gasteiger partial charge in [-0.3, -0.25) is 9.10 Å². The largest absolute Gasteiger partial charge is 0.497 e. The van der Waals surface area contributed by atoms with Crippen LogP contribution in [0, 0.1) is 6.92 Å². The molecule has 0 aliphatic carbocycles. The number of carbonyl (C=O) groups excluding carboxylic acids is 1. The zero-order valence-electron chi connectivity index (χ0n) is 16.7. The van der Waals surface area contributed by atoms with E-state index in [1.165, 1.54) is 26.3 Å². The zero-order valence-corrected chi connectivity index (χ0v) is 18.3. The number of methoxy groups -OCH3 is 1. The van der Waals surface area contributed by atoms with E-state index in [0.717, 1.165) is 9.87 Å². The van der Waals surface area contributed by atoms with Gasteiger partial charge in [-0.2, -0.15) is 0 Å². The summed E-state index contributed by atoms with van der Waals surface area (Å²) in [6.07, 6.45) is 0. The number of carbonyl (C=O) groups is 1. The topological polar surface area (TPSA) is 75.7 Å². The van der Waals surface area contributed by atoms with E-state index >= 15 is 0 Å². The molecule has 1 amide bonds. The van der Waals surface area contributed by atoms with Crippen LogP contribution in [0.3, 0.4) is 0 Å². The maximum Gasteiger partial charge on any atom is 0.264 e. The molecular formula is C22H21ClN2O4S. The summed E-state index contributed by atoms with van der Waals surface area (Å²) in [6, 6.07) is 17.9. The summed E-state index contributed by atoms with van der Waals surface area (Å²) < 4.78 is 32.2. The molecule has 1 N–H and O–H groups in total. The highest BCUT2D eigenvalue weighted by molar-refractivity contribution is 7.92. The lowest BCUT2D eigenvalue weighted by atomic mass is 10.1. The molecule has 0 heterocycles. The summed E-state index contributed by atoms with van der Waals surface area (Å²) in [7, 11) is -0.824. The van der Waals surface area contributed by atoms with Gasteiger partial charge in [0.25, 0.3) is 15.9 Å². The Labute approximate surface area is 181 Å². The Hall–Kier alpha value is -3.03. The van der Waals surface area contributed by atoms with Crippen LogP contribution < -0.4 is 14.4 Å². The second kappa shape index (κ2) is 8.77. The van der Waals surface area contributed by atoms with Crippen LogP contribution in [0.15, 0.2) is 71.6 Å². The second-order valence-electron chi connectivity index (χ2n) is 6.64. The number of nitrogens with one attached hydrogen (secondary N) is 1. The van der Waals surface area contributed by atoms with Gasteiger partial charge in [-0.15, -0.1) is 0 Å². The van der Waals surface area contributed by atoms with Crippen LogP contribution in [0.5, 0.6) is 5.75 Å². The number of ether oxygens (including phenoxy) is 1. The fourth-order valence-electron chi connectivity index (χ4n) is 2.79. The first-order valence-electron chi connectivity index (χ1n) is 9.03. The maximum atomic E-state index is 13.0. The summed E-state index contributed by atoms with van der Waals surface area (Å²) in [5.41, 5.74) is 1.96. The quantitative estimate of drug-likeness (QED) is 0.596. The van der Waals surface area contributed by atoms with E-state index in [1.807, 2.05) is 6.92 Å². The van der Waals surface area contributed by atoms with Crippen LogP contribution in [0.2, 0.25) is 5.02 Å². The standard InChI is InChI=1S/C22H21ClN2O4S/c1-15-7-10-19(11-8-15)30(27,28)25(2)17-9-12-21(23)20(14-17)22(26)24-16-5-4-6-18(13-16)29-3/h4-14H,1-3H3,(H,24,26). The van der Waals surface area contributed by atoms with E-state index in [2.05, 4.69) is 5.32 Å². The third kappa shape index (κ3) is 4.58. The van der Waals surface area contributed by atoms with Crippen molar-refractivity contribution in [2.75, 3.05) is 23.8 Å². The van der Waals surface area contributed by atoms with Gasteiger partial charge in [-0.05, 0) is 49.4 Å². The summed E-state index contributed by atoms with van der Waals surface area (Å²) in [5, 5.41) is 2.95. The van der Waals surface area contributed by atoms with E-state index < -0.39 is 15.9 Å². The van der Waals surface area contributed by atoms with Gasteiger partial charge >= 0.3 is 0 Å². The Kier molecular flexibility index (Phi) is 6.34. The van der Waals surface area contributed by atoms with Crippen molar-refractivity contribution >= 4 is 38.9 Å². The van der Waals surface area contributed by atoms with Gasteiger partial charge in [0.15, 0.2) is 0 Å². The number of amides is 1. The fourth-order valence-corrected chi connectivity index (χ4v) is 4.18. The molecular weight excluding hydrogens is 424 g/mol. The minimum absolute atomic E-state index is 0.156. The number of hydrogen-bond acceptors (Lipinski definition) is 4. The van der Waals surface area contributed by atoms with Crippen molar-refractivity contribution < 1.29 is 17.9 Å². The van der Waals surface area contributed by atoms with Crippen LogP contribution >= 0.6 is 11.6 Å². The van der Waals surface area contributed by atoms with Crippen molar-refractivity contribution in [3.05, 3.63) is 82.9 Å². The van der Waals surface area contributed by atoms with Crippen molar-refractivity contribution in [1.29, 1.82) is 0 Å². The Morgan fingerprint density at radius 2 is 1.73 bits per heavy atom. The summed E-state index contributed by atoms with van der Waals surface area (Å²) in [6.45, 7) is 1.88. The number of hydrogen-bond donors (Lipinski definition) is 1. The average Bonchev–Trinajstić information content (AvgIpc) is 2.74. The molecule has 30 heavy (non-hydrogen) atoms. The third-order valence-electron chi connectivity index (χ3n) is 4.57. The summed E-state index contributed by atoms with van der Waals surface area (Å²) in [5.74, 6) is 0.132. The Morgan fingerprint density at radius 3 is 2.40 bits per heavy atom. The third-order valence-corrected chi connectivity index (χ3v) is 6.69. The van der Waals surface area contributed by atoms with Gasteiger partial charge in [-0.25, -0.2) is 8.42 Å². The van der Waals surface area contributed by atoms with Gasteiger partial charge in [0.05, 0.1) is 28.3 Å². The molecule has 0 fully saturated rings. The number of halogens is 1. The molecule has 0 saturated heterocycles. The molecule has 3 rings (SSSR count).